The first-order valence-corrected chi connectivity index (χ1v) is 5.87. The molecule has 1 aromatic heterocycles. The van der Waals surface area contributed by atoms with E-state index in [1.807, 2.05) is 6.92 Å². The van der Waals surface area contributed by atoms with Gasteiger partial charge in [0, 0.05) is 24.6 Å². The molecule has 0 saturated heterocycles. The number of rotatable bonds is 4. The predicted octanol–water partition coefficient (Wildman–Crippen LogP) is -2.48. The molecule has 0 unspecified atom stereocenters. The van der Waals surface area contributed by atoms with E-state index in [1.54, 1.807) is 29.9 Å². The Labute approximate surface area is 116 Å². The normalized spacial score (nSPS) is 10.1. The number of hydrogen-bond donors (Lipinski definition) is 3. The standard InChI is InChI=1S/C10H14N4O2S.ClH/c1-3-12-17-10(16)13-11-7-8-9(15)5-4-6-14(8)2;/h4-7,12,15H,3H2,1-2H3;1H. The molecule has 0 atom stereocenters. The molecule has 0 spiro atoms. The number of pyridine rings is 1. The van der Waals surface area contributed by atoms with E-state index in [4.69, 9.17) is 0 Å². The quantitative estimate of drug-likeness (QED) is 0.248. The minimum Gasteiger partial charge on any atom is -1.00 e. The van der Waals surface area contributed by atoms with Gasteiger partial charge in [-0.05, 0) is 6.07 Å². The Morgan fingerprint density at radius 3 is 3.00 bits per heavy atom. The third kappa shape index (κ3) is 5.35. The summed E-state index contributed by atoms with van der Waals surface area (Å²) in [6, 6.07) is 3.27. The number of aromatic hydroxyl groups is 1. The average molecular weight is 291 g/mol. The Hall–Kier alpha value is -1.31. The number of hydrazone groups is 1. The third-order valence-electron chi connectivity index (χ3n) is 1.86. The molecule has 3 N–H and O–H groups in total. The number of nitrogens with one attached hydrogen (secondary N) is 2. The minimum atomic E-state index is -0.304. The summed E-state index contributed by atoms with van der Waals surface area (Å²) in [5, 5.41) is 13.0. The van der Waals surface area contributed by atoms with Gasteiger partial charge in [-0.2, -0.15) is 9.67 Å². The van der Waals surface area contributed by atoms with Crippen LogP contribution in [0.5, 0.6) is 5.75 Å². The van der Waals surface area contributed by atoms with Crippen molar-refractivity contribution in [3.8, 4) is 5.75 Å². The highest BCUT2D eigenvalue weighted by Gasteiger charge is 2.09. The van der Waals surface area contributed by atoms with Gasteiger partial charge in [0.2, 0.25) is 0 Å². The molecule has 100 valence electrons. The van der Waals surface area contributed by atoms with Crippen molar-refractivity contribution in [1.29, 1.82) is 0 Å². The van der Waals surface area contributed by atoms with Crippen LogP contribution in [-0.2, 0) is 7.05 Å². The van der Waals surface area contributed by atoms with E-state index < -0.39 is 0 Å². The summed E-state index contributed by atoms with van der Waals surface area (Å²) in [6.07, 6.45) is 3.16. The number of aromatic nitrogens is 1. The van der Waals surface area contributed by atoms with Crippen LogP contribution in [0.1, 0.15) is 12.6 Å². The number of nitrogens with zero attached hydrogens (tertiary/aromatic N) is 2. The fraction of sp³-hybridized carbons (Fsp3) is 0.300. The Bertz CT molecular complexity index is 408. The number of carbonyl (C=O) groups is 1. The van der Waals surface area contributed by atoms with Gasteiger partial charge in [0.25, 0.3) is 5.69 Å². The fourth-order valence-corrected chi connectivity index (χ4v) is 1.45. The van der Waals surface area contributed by atoms with E-state index in [0.717, 1.165) is 11.9 Å². The molecular weight excluding hydrogens is 276 g/mol. The van der Waals surface area contributed by atoms with Gasteiger partial charge < -0.3 is 17.5 Å². The molecule has 1 aromatic rings. The van der Waals surface area contributed by atoms with Crippen LogP contribution in [0.25, 0.3) is 0 Å². The summed E-state index contributed by atoms with van der Waals surface area (Å²) >= 11 is 0.937. The van der Waals surface area contributed by atoms with Crippen LogP contribution in [0, 0.1) is 0 Å². The topological polar surface area (TPSA) is 77.6 Å². The molecule has 8 heteroatoms. The zero-order chi connectivity index (χ0) is 12.7. The smallest absolute Gasteiger partial charge is 0.314 e. The molecule has 1 amide bonds. The highest BCUT2D eigenvalue weighted by atomic mass is 35.5. The molecular formula is C10H15ClN4O2S. The van der Waals surface area contributed by atoms with Crippen molar-refractivity contribution in [3.05, 3.63) is 24.0 Å². The number of aryl methyl sites for hydroxylation is 1. The maximum atomic E-state index is 11.2. The maximum absolute atomic E-state index is 11.2. The second-order valence-corrected chi connectivity index (χ2v) is 4.01. The van der Waals surface area contributed by atoms with Crippen molar-refractivity contribution in [2.45, 2.75) is 6.92 Å². The van der Waals surface area contributed by atoms with Crippen LogP contribution in [0.15, 0.2) is 23.4 Å². The molecule has 0 saturated carbocycles. The highest BCUT2D eigenvalue weighted by Crippen LogP contribution is 2.07. The SMILES string of the molecule is CCNSC(=O)N/N=C/c1c(O)ccc[n+]1C.[Cl-]. The second kappa shape index (κ2) is 8.73. The third-order valence-corrected chi connectivity index (χ3v) is 2.57. The first-order valence-electron chi connectivity index (χ1n) is 5.05. The van der Waals surface area contributed by atoms with Crippen LogP contribution < -0.4 is 27.1 Å². The van der Waals surface area contributed by atoms with Gasteiger partial charge >= 0.3 is 5.24 Å². The van der Waals surface area contributed by atoms with Gasteiger partial charge in [0.1, 0.15) is 13.3 Å². The van der Waals surface area contributed by atoms with Gasteiger partial charge in [-0.15, -0.1) is 0 Å². The number of hydrogen-bond acceptors (Lipinski definition) is 5. The molecule has 0 aliphatic heterocycles. The van der Waals surface area contributed by atoms with E-state index in [-0.39, 0.29) is 23.4 Å². The van der Waals surface area contributed by atoms with Crippen molar-refractivity contribution in [3.63, 3.8) is 0 Å². The number of carbonyl (C=O) groups excluding carboxylic acids is 1. The molecule has 0 aliphatic carbocycles. The Morgan fingerprint density at radius 2 is 2.39 bits per heavy atom. The Kier molecular flexibility index (Phi) is 8.10. The largest absolute Gasteiger partial charge is 1.00 e. The monoisotopic (exact) mass is 290 g/mol. The molecule has 0 radical (unpaired) electrons. The van der Waals surface area contributed by atoms with Gasteiger partial charge in [-0.1, -0.05) is 6.92 Å². The summed E-state index contributed by atoms with van der Waals surface area (Å²) < 4.78 is 4.49. The molecule has 1 rings (SSSR count). The van der Waals surface area contributed by atoms with Crippen molar-refractivity contribution in [2.75, 3.05) is 6.54 Å². The average Bonchev–Trinajstić information content (AvgIpc) is 2.30. The van der Waals surface area contributed by atoms with E-state index in [2.05, 4.69) is 15.2 Å². The summed E-state index contributed by atoms with van der Waals surface area (Å²) in [4.78, 5) is 11.2. The Morgan fingerprint density at radius 1 is 1.67 bits per heavy atom. The lowest BCUT2D eigenvalue weighted by atomic mass is 10.3. The predicted molar refractivity (Wildman–Crippen MR) is 66.7 cm³/mol. The van der Waals surface area contributed by atoms with Crippen molar-refractivity contribution in [2.24, 2.45) is 12.1 Å². The molecule has 1 heterocycles. The van der Waals surface area contributed by atoms with Gasteiger partial charge in [-0.25, -0.2) is 5.43 Å². The van der Waals surface area contributed by atoms with Crippen LogP contribution in [0.4, 0.5) is 4.79 Å². The summed E-state index contributed by atoms with van der Waals surface area (Å²) in [7, 11) is 1.77. The van der Waals surface area contributed by atoms with Gasteiger partial charge in [0.05, 0.1) is 0 Å². The van der Waals surface area contributed by atoms with E-state index in [9.17, 15) is 9.90 Å². The minimum absolute atomic E-state index is 0. The summed E-state index contributed by atoms with van der Waals surface area (Å²) in [5.74, 6) is 0.104. The zero-order valence-corrected chi connectivity index (χ0v) is 11.6. The first kappa shape index (κ1) is 16.7. The van der Waals surface area contributed by atoms with Crippen LogP contribution >= 0.6 is 11.9 Å². The lowest BCUT2D eigenvalue weighted by Crippen LogP contribution is -3.00. The molecule has 0 bridgehead atoms. The summed E-state index contributed by atoms with van der Waals surface area (Å²) in [6.45, 7) is 2.59. The van der Waals surface area contributed by atoms with Crippen LogP contribution in [-0.4, -0.2) is 23.1 Å². The number of amides is 1. The molecule has 6 nitrogen and oxygen atoms in total. The van der Waals surface area contributed by atoms with Crippen molar-refractivity contribution >= 4 is 23.4 Å². The fourth-order valence-electron chi connectivity index (χ4n) is 1.07. The van der Waals surface area contributed by atoms with Crippen molar-refractivity contribution < 1.29 is 26.9 Å². The van der Waals surface area contributed by atoms with E-state index in [0.29, 0.717) is 12.2 Å². The molecule has 18 heavy (non-hydrogen) atoms. The van der Waals surface area contributed by atoms with Gasteiger partial charge in [0.15, 0.2) is 11.9 Å². The zero-order valence-electron chi connectivity index (χ0n) is 10.1. The highest BCUT2D eigenvalue weighted by molar-refractivity contribution is 8.11. The van der Waals surface area contributed by atoms with Gasteiger partial charge in [-0.3, -0.25) is 9.52 Å². The lowest BCUT2D eigenvalue weighted by molar-refractivity contribution is -0.672. The van der Waals surface area contributed by atoms with Crippen LogP contribution in [0.2, 0.25) is 0 Å². The molecule has 0 aliphatic rings. The van der Waals surface area contributed by atoms with Crippen molar-refractivity contribution in [1.82, 2.24) is 10.1 Å². The van der Waals surface area contributed by atoms with E-state index in [1.165, 1.54) is 6.21 Å². The summed E-state index contributed by atoms with van der Waals surface area (Å²) in [5.41, 5.74) is 2.84. The Balaban J connectivity index is 0.00000289. The number of halogens is 1. The second-order valence-electron chi connectivity index (χ2n) is 3.15. The molecule has 0 fully saturated rings. The lowest BCUT2D eigenvalue weighted by Gasteiger charge is -1.98. The first-order chi connectivity index (χ1) is 8.15. The maximum Gasteiger partial charge on any atom is 0.314 e. The molecule has 0 aromatic carbocycles. The van der Waals surface area contributed by atoms with E-state index >= 15 is 0 Å². The van der Waals surface area contributed by atoms with Crippen LogP contribution in [0.3, 0.4) is 0 Å².